The quantitative estimate of drug-likeness (QED) is 0.848. The fourth-order valence-electron chi connectivity index (χ4n) is 2.76. The van der Waals surface area contributed by atoms with E-state index in [1.807, 2.05) is 42.5 Å². The summed E-state index contributed by atoms with van der Waals surface area (Å²) in [6, 6.07) is 13.3. The zero-order valence-electron chi connectivity index (χ0n) is 12.8. The molecule has 2 N–H and O–H groups in total. The second-order valence-electron chi connectivity index (χ2n) is 5.72. The maximum Gasteiger partial charge on any atom is 0.231 e. The Labute approximate surface area is 135 Å². The second-order valence-corrected chi connectivity index (χ2v) is 5.72. The highest BCUT2D eigenvalue weighted by molar-refractivity contribution is 5.85. The van der Waals surface area contributed by atoms with E-state index in [2.05, 4.69) is 10.3 Å². The molecular formula is C18H20N2O3. The molecule has 1 aromatic carbocycles. The Bertz CT molecular complexity index is 660. The van der Waals surface area contributed by atoms with Crippen LogP contribution in [-0.2, 0) is 11.2 Å². The van der Waals surface area contributed by atoms with Gasteiger partial charge in [0.15, 0.2) is 0 Å². The van der Waals surface area contributed by atoms with E-state index in [4.69, 9.17) is 4.74 Å². The van der Waals surface area contributed by atoms with Crippen LogP contribution in [-0.4, -0.2) is 35.8 Å². The predicted molar refractivity (Wildman–Crippen MR) is 86.2 cm³/mol. The average Bonchev–Trinajstić information content (AvgIpc) is 3.03. The number of carbonyl (C=O) groups is 1. The molecule has 0 radical (unpaired) electrons. The highest BCUT2D eigenvalue weighted by Gasteiger charge is 2.30. The Morgan fingerprint density at radius 3 is 2.91 bits per heavy atom. The van der Waals surface area contributed by atoms with Crippen molar-refractivity contribution in [3.63, 3.8) is 0 Å². The van der Waals surface area contributed by atoms with Gasteiger partial charge in [0, 0.05) is 36.5 Å². The summed E-state index contributed by atoms with van der Waals surface area (Å²) < 4.78 is 5.54. The van der Waals surface area contributed by atoms with Crippen LogP contribution < -0.4 is 10.1 Å². The number of carbonyl (C=O) groups excluding carboxylic acids is 1. The van der Waals surface area contributed by atoms with Crippen molar-refractivity contribution in [2.24, 2.45) is 5.92 Å². The molecule has 5 nitrogen and oxygen atoms in total. The van der Waals surface area contributed by atoms with Gasteiger partial charge in [0.1, 0.15) is 18.3 Å². The molecule has 23 heavy (non-hydrogen) atoms. The van der Waals surface area contributed by atoms with Gasteiger partial charge in [-0.25, -0.2) is 0 Å². The van der Waals surface area contributed by atoms with Gasteiger partial charge in [-0.1, -0.05) is 24.3 Å². The number of ether oxygens (including phenoxy) is 1. The Hall–Kier alpha value is -2.40. The number of nitrogens with one attached hydrogen (secondary N) is 1. The zero-order valence-corrected chi connectivity index (χ0v) is 12.8. The largest absolute Gasteiger partial charge is 0.492 e. The van der Waals surface area contributed by atoms with Gasteiger partial charge in [0.05, 0.1) is 0 Å². The van der Waals surface area contributed by atoms with Crippen molar-refractivity contribution in [1.29, 1.82) is 0 Å². The van der Waals surface area contributed by atoms with Gasteiger partial charge in [-0.3, -0.25) is 9.78 Å². The monoisotopic (exact) mass is 312 g/mol. The number of fused-ring (bicyclic) bond motifs is 1. The third-order valence-corrected chi connectivity index (χ3v) is 4.06. The number of aliphatic hydroxyl groups excluding tert-OH is 1. The van der Waals surface area contributed by atoms with Gasteiger partial charge in [-0.15, -0.1) is 0 Å². The summed E-state index contributed by atoms with van der Waals surface area (Å²) >= 11 is 0. The highest BCUT2D eigenvalue weighted by Crippen LogP contribution is 2.33. The van der Waals surface area contributed by atoms with Gasteiger partial charge in [0.25, 0.3) is 0 Å². The van der Waals surface area contributed by atoms with Crippen LogP contribution in [0.25, 0.3) is 0 Å². The molecule has 1 amide bonds. The Kier molecular flexibility index (Phi) is 4.88. The van der Waals surface area contributed by atoms with Crippen LogP contribution in [0.3, 0.4) is 0 Å². The van der Waals surface area contributed by atoms with E-state index >= 15 is 0 Å². The van der Waals surface area contributed by atoms with Gasteiger partial charge in [-0.2, -0.15) is 0 Å². The lowest BCUT2D eigenvalue weighted by atomic mass is 9.99. The minimum Gasteiger partial charge on any atom is -0.492 e. The molecule has 2 aromatic rings. The van der Waals surface area contributed by atoms with E-state index in [0.29, 0.717) is 19.6 Å². The Morgan fingerprint density at radius 2 is 2.13 bits per heavy atom. The second kappa shape index (κ2) is 7.24. The van der Waals surface area contributed by atoms with Crippen LogP contribution in [0.1, 0.15) is 17.2 Å². The molecule has 0 saturated heterocycles. The number of amides is 1. The van der Waals surface area contributed by atoms with E-state index in [0.717, 1.165) is 17.0 Å². The maximum absolute atomic E-state index is 12.4. The lowest BCUT2D eigenvalue weighted by molar-refractivity contribution is -0.123. The lowest BCUT2D eigenvalue weighted by Crippen LogP contribution is -2.35. The fraction of sp³-hybridized carbons (Fsp3) is 0.333. The summed E-state index contributed by atoms with van der Waals surface area (Å²) in [5.41, 5.74) is 1.84. The number of aliphatic hydroxyl groups is 1. The molecule has 2 heterocycles. The number of hydrogen-bond acceptors (Lipinski definition) is 4. The average molecular weight is 312 g/mol. The zero-order chi connectivity index (χ0) is 16.1. The summed E-state index contributed by atoms with van der Waals surface area (Å²) in [6.07, 6.45) is 2.37. The minimum absolute atomic E-state index is 0.00854. The first-order valence-corrected chi connectivity index (χ1v) is 7.78. The Balaban J connectivity index is 1.56. The van der Waals surface area contributed by atoms with Crippen molar-refractivity contribution in [1.82, 2.24) is 10.3 Å². The smallest absolute Gasteiger partial charge is 0.231 e. The number of nitrogens with zero attached hydrogens (tertiary/aromatic N) is 1. The van der Waals surface area contributed by atoms with Gasteiger partial charge >= 0.3 is 0 Å². The lowest BCUT2D eigenvalue weighted by Gasteiger charge is -2.16. The number of rotatable bonds is 6. The summed E-state index contributed by atoms with van der Waals surface area (Å²) in [5, 5.41) is 12.4. The topological polar surface area (TPSA) is 71.5 Å². The molecule has 1 aromatic heterocycles. The number of hydrogen-bond donors (Lipinski definition) is 2. The first-order chi connectivity index (χ1) is 11.3. The van der Waals surface area contributed by atoms with Crippen LogP contribution in [0.2, 0.25) is 0 Å². The standard InChI is InChI=1S/C18H20N2O3/c21-11-13(9-14-5-3-4-8-19-14)10-20-18(22)16-12-23-17-7-2-1-6-15(16)17/h1-8,13,16,21H,9-12H2,(H,20,22). The fourth-order valence-corrected chi connectivity index (χ4v) is 2.76. The van der Waals surface area contributed by atoms with Crippen LogP contribution in [0.15, 0.2) is 48.7 Å². The number of para-hydroxylation sites is 1. The van der Waals surface area contributed by atoms with E-state index < -0.39 is 0 Å². The van der Waals surface area contributed by atoms with Crippen molar-refractivity contribution in [3.05, 3.63) is 59.9 Å². The molecule has 1 aliphatic heterocycles. The number of aromatic nitrogens is 1. The first kappa shape index (κ1) is 15.5. The molecule has 5 heteroatoms. The molecule has 0 spiro atoms. The third-order valence-electron chi connectivity index (χ3n) is 4.06. The molecule has 120 valence electrons. The summed E-state index contributed by atoms with van der Waals surface area (Å²) in [7, 11) is 0. The summed E-state index contributed by atoms with van der Waals surface area (Å²) in [4.78, 5) is 16.6. The van der Waals surface area contributed by atoms with Crippen LogP contribution in [0.5, 0.6) is 5.75 Å². The molecule has 2 unspecified atom stereocenters. The highest BCUT2D eigenvalue weighted by atomic mass is 16.5. The van der Waals surface area contributed by atoms with E-state index in [1.165, 1.54) is 0 Å². The third kappa shape index (κ3) is 3.68. The van der Waals surface area contributed by atoms with Crippen molar-refractivity contribution >= 4 is 5.91 Å². The van der Waals surface area contributed by atoms with Crippen molar-refractivity contribution < 1.29 is 14.6 Å². The van der Waals surface area contributed by atoms with E-state index in [9.17, 15) is 9.90 Å². The molecular weight excluding hydrogens is 292 g/mol. The van der Waals surface area contributed by atoms with Crippen LogP contribution >= 0.6 is 0 Å². The maximum atomic E-state index is 12.4. The summed E-state index contributed by atoms with van der Waals surface area (Å²) in [6.45, 7) is 0.800. The summed E-state index contributed by atoms with van der Waals surface area (Å²) in [5.74, 6) is 0.390. The SMILES string of the molecule is O=C(NCC(CO)Cc1ccccn1)C1COc2ccccc21. The molecule has 0 saturated carbocycles. The van der Waals surface area contributed by atoms with Crippen molar-refractivity contribution in [2.75, 3.05) is 19.8 Å². The van der Waals surface area contributed by atoms with Crippen molar-refractivity contribution in [2.45, 2.75) is 12.3 Å². The molecule has 3 rings (SSSR count). The van der Waals surface area contributed by atoms with Crippen LogP contribution in [0.4, 0.5) is 0 Å². The molecule has 0 bridgehead atoms. The first-order valence-electron chi connectivity index (χ1n) is 7.78. The van der Waals surface area contributed by atoms with Gasteiger partial charge < -0.3 is 15.2 Å². The minimum atomic E-state index is -0.277. The molecule has 2 atom stereocenters. The van der Waals surface area contributed by atoms with Crippen LogP contribution in [0, 0.1) is 5.92 Å². The van der Waals surface area contributed by atoms with Crippen molar-refractivity contribution in [3.8, 4) is 5.75 Å². The normalized spacial score (nSPS) is 17.2. The number of pyridine rings is 1. The molecule has 0 aliphatic carbocycles. The van der Waals surface area contributed by atoms with E-state index in [-0.39, 0.29) is 24.3 Å². The Morgan fingerprint density at radius 1 is 1.30 bits per heavy atom. The molecule has 1 aliphatic rings. The van der Waals surface area contributed by atoms with E-state index in [1.54, 1.807) is 6.20 Å². The van der Waals surface area contributed by atoms with Gasteiger partial charge in [0.2, 0.25) is 5.91 Å². The molecule has 0 fully saturated rings. The predicted octanol–water partition coefficient (Wildman–Crippen LogP) is 1.52. The van der Waals surface area contributed by atoms with Gasteiger partial charge in [-0.05, 0) is 24.6 Å². The number of benzene rings is 1.